The van der Waals surface area contributed by atoms with E-state index in [4.69, 9.17) is 4.74 Å². The SMILES string of the molecule is CCc1ccc(-c2nc(OC)nn2C(=O)c2ccccc2C)cc1. The molecule has 0 atom stereocenters. The van der Waals surface area contributed by atoms with Gasteiger partial charge in [-0.25, -0.2) is 0 Å². The lowest BCUT2D eigenvalue weighted by molar-refractivity contribution is 0.0944. The molecule has 0 aliphatic rings. The fourth-order valence-corrected chi connectivity index (χ4v) is 2.52. The zero-order chi connectivity index (χ0) is 17.1. The van der Waals surface area contributed by atoms with E-state index in [1.165, 1.54) is 17.4 Å². The van der Waals surface area contributed by atoms with Crippen LogP contribution in [0.5, 0.6) is 6.01 Å². The zero-order valence-electron chi connectivity index (χ0n) is 14.0. The second-order valence-corrected chi connectivity index (χ2v) is 5.50. The van der Waals surface area contributed by atoms with Crippen molar-refractivity contribution in [1.29, 1.82) is 0 Å². The summed E-state index contributed by atoms with van der Waals surface area (Å²) in [4.78, 5) is 17.3. The normalized spacial score (nSPS) is 10.6. The maximum atomic E-state index is 12.9. The molecule has 122 valence electrons. The molecule has 0 unspecified atom stereocenters. The van der Waals surface area contributed by atoms with E-state index in [2.05, 4.69) is 17.0 Å². The molecular weight excluding hydrogens is 302 g/mol. The van der Waals surface area contributed by atoms with Gasteiger partial charge < -0.3 is 4.74 Å². The maximum absolute atomic E-state index is 12.9. The molecule has 0 saturated carbocycles. The van der Waals surface area contributed by atoms with Gasteiger partial charge in [0, 0.05) is 11.1 Å². The maximum Gasteiger partial charge on any atom is 0.336 e. The Balaban J connectivity index is 2.09. The molecular formula is C19H19N3O2. The molecule has 0 radical (unpaired) electrons. The largest absolute Gasteiger partial charge is 0.466 e. The number of ether oxygens (including phenoxy) is 1. The van der Waals surface area contributed by atoms with Crippen molar-refractivity contribution in [3.63, 3.8) is 0 Å². The number of hydrogen-bond donors (Lipinski definition) is 0. The van der Waals surface area contributed by atoms with Gasteiger partial charge in [0.2, 0.25) is 0 Å². The Morgan fingerprint density at radius 2 is 1.83 bits per heavy atom. The summed E-state index contributed by atoms with van der Waals surface area (Å²) in [6.07, 6.45) is 0.957. The van der Waals surface area contributed by atoms with Crippen LogP contribution in [-0.4, -0.2) is 27.8 Å². The van der Waals surface area contributed by atoms with Crippen molar-refractivity contribution in [2.24, 2.45) is 0 Å². The quantitative estimate of drug-likeness (QED) is 0.738. The molecule has 0 amide bonds. The first-order chi connectivity index (χ1) is 11.6. The molecule has 5 nitrogen and oxygen atoms in total. The lowest BCUT2D eigenvalue weighted by Gasteiger charge is -2.07. The van der Waals surface area contributed by atoms with Crippen LogP contribution in [0.4, 0.5) is 0 Å². The molecule has 0 fully saturated rings. The summed E-state index contributed by atoms with van der Waals surface area (Å²) in [5.74, 6) is 0.251. The second kappa shape index (κ2) is 6.66. The number of aryl methyl sites for hydroxylation is 2. The number of aromatic nitrogens is 3. The fraction of sp³-hybridized carbons (Fsp3) is 0.211. The van der Waals surface area contributed by atoms with Gasteiger partial charge in [-0.2, -0.15) is 9.67 Å². The Kier molecular flexibility index (Phi) is 4.42. The van der Waals surface area contributed by atoms with Gasteiger partial charge in [0.25, 0.3) is 5.91 Å². The lowest BCUT2D eigenvalue weighted by atomic mass is 10.1. The van der Waals surface area contributed by atoms with Crippen molar-refractivity contribution in [3.8, 4) is 17.4 Å². The Morgan fingerprint density at radius 3 is 2.46 bits per heavy atom. The molecule has 1 heterocycles. The molecule has 3 rings (SSSR count). The number of hydrogen-bond acceptors (Lipinski definition) is 4. The predicted octanol–water partition coefficient (Wildman–Crippen LogP) is 3.51. The summed E-state index contributed by atoms with van der Waals surface area (Å²) < 4.78 is 6.43. The highest BCUT2D eigenvalue weighted by Crippen LogP contribution is 2.22. The molecule has 5 heteroatoms. The van der Waals surface area contributed by atoms with Gasteiger partial charge in [0.05, 0.1) is 7.11 Å². The minimum absolute atomic E-state index is 0.173. The van der Waals surface area contributed by atoms with Crippen molar-refractivity contribution < 1.29 is 9.53 Å². The Morgan fingerprint density at radius 1 is 1.12 bits per heavy atom. The molecule has 0 N–H and O–H groups in total. The van der Waals surface area contributed by atoms with Gasteiger partial charge in [-0.15, -0.1) is 5.10 Å². The molecule has 0 aliphatic heterocycles. The van der Waals surface area contributed by atoms with E-state index in [1.807, 2.05) is 49.4 Å². The summed E-state index contributed by atoms with van der Waals surface area (Å²) in [6, 6.07) is 15.5. The highest BCUT2D eigenvalue weighted by molar-refractivity contribution is 5.98. The van der Waals surface area contributed by atoms with Gasteiger partial charge in [0.1, 0.15) is 0 Å². The predicted molar refractivity (Wildman–Crippen MR) is 92.3 cm³/mol. The van der Waals surface area contributed by atoms with E-state index >= 15 is 0 Å². The lowest BCUT2D eigenvalue weighted by Crippen LogP contribution is -2.16. The van der Waals surface area contributed by atoms with Crippen LogP contribution < -0.4 is 4.74 Å². The first-order valence-corrected chi connectivity index (χ1v) is 7.84. The van der Waals surface area contributed by atoms with Crippen molar-refractivity contribution >= 4 is 5.91 Å². The average Bonchev–Trinajstić information content (AvgIpc) is 3.06. The highest BCUT2D eigenvalue weighted by Gasteiger charge is 2.20. The van der Waals surface area contributed by atoms with Crippen LogP contribution in [0, 0.1) is 6.92 Å². The van der Waals surface area contributed by atoms with E-state index in [9.17, 15) is 4.79 Å². The number of methoxy groups -OCH3 is 1. The van der Waals surface area contributed by atoms with Crippen LogP contribution in [0.2, 0.25) is 0 Å². The van der Waals surface area contributed by atoms with Gasteiger partial charge >= 0.3 is 6.01 Å². The minimum Gasteiger partial charge on any atom is -0.466 e. The molecule has 2 aromatic carbocycles. The van der Waals surface area contributed by atoms with Gasteiger partial charge in [-0.3, -0.25) is 4.79 Å². The van der Waals surface area contributed by atoms with E-state index < -0.39 is 0 Å². The first kappa shape index (κ1) is 15.9. The van der Waals surface area contributed by atoms with Crippen molar-refractivity contribution in [2.75, 3.05) is 7.11 Å². The third kappa shape index (κ3) is 2.93. The van der Waals surface area contributed by atoms with Crippen molar-refractivity contribution in [3.05, 3.63) is 65.2 Å². The summed E-state index contributed by atoms with van der Waals surface area (Å²) in [5, 5.41) is 4.20. The number of rotatable bonds is 4. The number of carbonyl (C=O) groups is 1. The van der Waals surface area contributed by atoms with Crippen molar-refractivity contribution in [2.45, 2.75) is 20.3 Å². The highest BCUT2D eigenvalue weighted by atomic mass is 16.5. The van der Waals surface area contributed by atoms with Crippen LogP contribution in [0.25, 0.3) is 11.4 Å². The first-order valence-electron chi connectivity index (χ1n) is 7.84. The monoisotopic (exact) mass is 321 g/mol. The summed E-state index contributed by atoms with van der Waals surface area (Å²) in [6.45, 7) is 4.00. The number of carbonyl (C=O) groups excluding carboxylic acids is 1. The standard InChI is InChI=1S/C19H19N3O2/c1-4-14-9-11-15(12-10-14)17-20-19(24-3)21-22(17)18(23)16-8-6-5-7-13(16)2/h5-12H,4H2,1-3H3. The zero-order valence-corrected chi connectivity index (χ0v) is 14.0. The average molecular weight is 321 g/mol. The molecule has 3 aromatic rings. The van der Waals surface area contributed by atoms with Crippen LogP contribution in [0.15, 0.2) is 48.5 Å². The van der Waals surface area contributed by atoms with Gasteiger partial charge in [-0.05, 0) is 30.5 Å². The molecule has 0 spiro atoms. The molecule has 0 bridgehead atoms. The van der Waals surface area contributed by atoms with Crippen LogP contribution in [-0.2, 0) is 6.42 Å². The second-order valence-electron chi connectivity index (χ2n) is 5.50. The third-order valence-corrected chi connectivity index (χ3v) is 3.96. The van der Waals surface area contributed by atoms with E-state index in [-0.39, 0.29) is 11.9 Å². The van der Waals surface area contributed by atoms with Crippen molar-refractivity contribution in [1.82, 2.24) is 14.8 Å². The van der Waals surface area contributed by atoms with Crippen LogP contribution >= 0.6 is 0 Å². The minimum atomic E-state index is -0.224. The summed E-state index contributed by atoms with van der Waals surface area (Å²) >= 11 is 0. The van der Waals surface area contributed by atoms with Gasteiger partial charge in [0.15, 0.2) is 5.82 Å². The molecule has 0 saturated heterocycles. The topological polar surface area (TPSA) is 57.0 Å². The molecule has 1 aromatic heterocycles. The smallest absolute Gasteiger partial charge is 0.336 e. The number of nitrogens with zero attached hydrogens (tertiary/aromatic N) is 3. The van der Waals surface area contributed by atoms with Gasteiger partial charge in [-0.1, -0.05) is 49.4 Å². The van der Waals surface area contributed by atoms with E-state index in [0.29, 0.717) is 11.4 Å². The number of benzene rings is 2. The fourth-order valence-electron chi connectivity index (χ4n) is 2.52. The summed E-state index contributed by atoms with van der Waals surface area (Å²) in [7, 11) is 1.49. The summed E-state index contributed by atoms with van der Waals surface area (Å²) in [5.41, 5.74) is 3.53. The van der Waals surface area contributed by atoms with E-state index in [1.54, 1.807) is 6.07 Å². The molecule has 0 aliphatic carbocycles. The Labute approximate surface area is 140 Å². The van der Waals surface area contributed by atoms with Crippen LogP contribution in [0.1, 0.15) is 28.4 Å². The van der Waals surface area contributed by atoms with Crippen LogP contribution in [0.3, 0.4) is 0 Å². The third-order valence-electron chi connectivity index (χ3n) is 3.96. The Bertz CT molecular complexity index is 867. The van der Waals surface area contributed by atoms with E-state index in [0.717, 1.165) is 17.5 Å². The molecule has 24 heavy (non-hydrogen) atoms. The Hall–Kier alpha value is -2.95.